The number of halogens is 1. The molecule has 1 saturated heterocycles. The minimum atomic E-state index is -0.518. The lowest BCUT2D eigenvalue weighted by Crippen LogP contribution is -2.41. The summed E-state index contributed by atoms with van der Waals surface area (Å²) in [6, 6.07) is 12.1. The number of nitrogens with zero attached hydrogens (tertiary/aromatic N) is 2. The van der Waals surface area contributed by atoms with Gasteiger partial charge in [-0.3, -0.25) is 9.78 Å². The Morgan fingerprint density at radius 1 is 1.06 bits per heavy atom. The standard InChI is InChI=1S/C27H30FN3O3/c1-17(32)23-15-20(9-12-29-23)22-16-24(30-25(22)19-5-7-21(28)8-6-19)18-10-13-31(14-11-18)26(33)34-27(2,3)4/h5-9,12,15-16,18,30H,10-11,13-14H2,1-4H3. The highest BCUT2D eigenvalue weighted by atomic mass is 19.1. The van der Waals surface area contributed by atoms with Gasteiger partial charge in [0.15, 0.2) is 5.78 Å². The van der Waals surface area contributed by atoms with Gasteiger partial charge in [0.05, 0.1) is 5.69 Å². The molecule has 0 spiro atoms. The molecule has 1 N–H and O–H groups in total. The van der Waals surface area contributed by atoms with Gasteiger partial charge in [0.25, 0.3) is 0 Å². The minimum Gasteiger partial charge on any atom is -0.444 e. The summed E-state index contributed by atoms with van der Waals surface area (Å²) in [5, 5.41) is 0. The molecule has 6 nitrogen and oxygen atoms in total. The molecule has 7 heteroatoms. The van der Waals surface area contributed by atoms with Crippen molar-refractivity contribution in [1.82, 2.24) is 14.9 Å². The summed E-state index contributed by atoms with van der Waals surface area (Å²) in [6.07, 6.45) is 2.96. The van der Waals surface area contributed by atoms with Crippen LogP contribution in [0.25, 0.3) is 22.4 Å². The molecule has 3 aromatic rings. The molecule has 0 radical (unpaired) electrons. The lowest BCUT2D eigenvalue weighted by Gasteiger charge is -2.33. The Morgan fingerprint density at radius 3 is 2.35 bits per heavy atom. The van der Waals surface area contributed by atoms with E-state index in [0.29, 0.717) is 18.8 Å². The van der Waals surface area contributed by atoms with Crippen LogP contribution in [0.1, 0.15) is 62.6 Å². The molecule has 178 valence electrons. The third-order valence-corrected chi connectivity index (χ3v) is 5.99. The summed E-state index contributed by atoms with van der Waals surface area (Å²) in [7, 11) is 0. The van der Waals surface area contributed by atoms with Crippen molar-refractivity contribution in [3.8, 4) is 22.4 Å². The zero-order valence-electron chi connectivity index (χ0n) is 20.0. The molecule has 1 aliphatic heterocycles. The van der Waals surface area contributed by atoms with Gasteiger partial charge in [-0.15, -0.1) is 0 Å². The first-order valence-corrected chi connectivity index (χ1v) is 11.5. The number of benzene rings is 1. The molecular weight excluding hydrogens is 433 g/mol. The fourth-order valence-electron chi connectivity index (χ4n) is 4.26. The van der Waals surface area contributed by atoms with Crippen LogP contribution in [0.2, 0.25) is 0 Å². The van der Waals surface area contributed by atoms with Gasteiger partial charge >= 0.3 is 6.09 Å². The third-order valence-electron chi connectivity index (χ3n) is 5.99. The largest absolute Gasteiger partial charge is 0.444 e. The average Bonchev–Trinajstić information content (AvgIpc) is 3.24. The molecule has 2 aromatic heterocycles. The second-order valence-corrected chi connectivity index (χ2v) is 9.75. The maximum absolute atomic E-state index is 13.6. The van der Waals surface area contributed by atoms with Crippen LogP contribution in [0.15, 0.2) is 48.7 Å². The van der Waals surface area contributed by atoms with Gasteiger partial charge in [-0.2, -0.15) is 0 Å². The van der Waals surface area contributed by atoms with Gasteiger partial charge in [-0.1, -0.05) is 0 Å². The van der Waals surface area contributed by atoms with E-state index in [-0.39, 0.29) is 23.6 Å². The average molecular weight is 464 g/mol. The molecule has 1 amide bonds. The molecule has 4 rings (SSSR count). The van der Waals surface area contributed by atoms with E-state index in [4.69, 9.17) is 4.74 Å². The maximum Gasteiger partial charge on any atom is 0.410 e. The van der Waals surface area contributed by atoms with Crippen molar-refractivity contribution in [1.29, 1.82) is 0 Å². The number of H-pyrrole nitrogens is 1. The van der Waals surface area contributed by atoms with Gasteiger partial charge < -0.3 is 14.6 Å². The molecule has 0 saturated carbocycles. The summed E-state index contributed by atoms with van der Waals surface area (Å²) in [4.78, 5) is 33.8. The number of Topliss-reactive ketones (excluding diaryl/α,β-unsaturated/α-hetero) is 1. The molecule has 1 aliphatic rings. The van der Waals surface area contributed by atoms with Crippen molar-refractivity contribution in [2.75, 3.05) is 13.1 Å². The molecular formula is C27H30FN3O3. The topological polar surface area (TPSA) is 75.3 Å². The Bertz CT molecular complexity index is 1190. The van der Waals surface area contributed by atoms with E-state index in [1.54, 1.807) is 29.3 Å². The van der Waals surface area contributed by atoms with Gasteiger partial charge in [0.1, 0.15) is 17.1 Å². The van der Waals surface area contributed by atoms with Gasteiger partial charge in [-0.25, -0.2) is 9.18 Å². The number of hydrogen-bond donors (Lipinski definition) is 1. The number of ether oxygens (including phenoxy) is 1. The fraction of sp³-hybridized carbons (Fsp3) is 0.370. The number of aromatic amines is 1. The van der Waals surface area contributed by atoms with Crippen molar-refractivity contribution < 1.29 is 18.7 Å². The summed E-state index contributed by atoms with van der Waals surface area (Å²) in [5.74, 6) is -0.162. The van der Waals surface area contributed by atoms with Gasteiger partial charge in [0, 0.05) is 43.4 Å². The monoisotopic (exact) mass is 463 g/mol. The van der Waals surface area contributed by atoms with Crippen LogP contribution in [-0.4, -0.2) is 45.4 Å². The Kier molecular flexibility index (Phi) is 6.55. The molecule has 34 heavy (non-hydrogen) atoms. The van der Waals surface area contributed by atoms with E-state index in [2.05, 4.69) is 16.0 Å². The molecule has 1 aromatic carbocycles. The Morgan fingerprint density at radius 2 is 1.74 bits per heavy atom. The Balaban J connectivity index is 1.63. The number of hydrogen-bond acceptors (Lipinski definition) is 4. The van der Waals surface area contributed by atoms with Crippen molar-refractivity contribution in [3.05, 3.63) is 65.9 Å². The quantitative estimate of drug-likeness (QED) is 0.468. The summed E-state index contributed by atoms with van der Waals surface area (Å²) >= 11 is 0. The van der Waals surface area contributed by atoms with E-state index in [1.165, 1.54) is 19.1 Å². The third kappa shape index (κ3) is 5.35. The number of rotatable bonds is 4. The second-order valence-electron chi connectivity index (χ2n) is 9.75. The number of carbonyl (C=O) groups is 2. The lowest BCUT2D eigenvalue weighted by molar-refractivity contribution is 0.0204. The molecule has 0 atom stereocenters. The van der Waals surface area contributed by atoms with E-state index in [9.17, 15) is 14.0 Å². The molecule has 0 unspecified atom stereocenters. The maximum atomic E-state index is 13.6. The van der Waals surface area contributed by atoms with Crippen LogP contribution in [0.3, 0.4) is 0 Å². The normalized spacial score (nSPS) is 14.8. The number of piperidine rings is 1. The van der Waals surface area contributed by atoms with Crippen molar-refractivity contribution in [2.24, 2.45) is 0 Å². The number of ketones is 1. The number of nitrogens with one attached hydrogen (secondary N) is 1. The number of amides is 1. The lowest BCUT2D eigenvalue weighted by atomic mass is 9.93. The first-order valence-electron chi connectivity index (χ1n) is 11.5. The van der Waals surface area contributed by atoms with Crippen molar-refractivity contribution >= 4 is 11.9 Å². The Hall–Kier alpha value is -3.48. The van der Waals surface area contributed by atoms with Crippen LogP contribution in [0, 0.1) is 5.82 Å². The van der Waals surface area contributed by atoms with Crippen LogP contribution >= 0.6 is 0 Å². The second kappa shape index (κ2) is 9.41. The van der Waals surface area contributed by atoms with Crippen molar-refractivity contribution in [2.45, 2.75) is 52.1 Å². The summed E-state index contributed by atoms with van der Waals surface area (Å²) < 4.78 is 19.1. The predicted octanol–water partition coefficient (Wildman–Crippen LogP) is 6.20. The number of carbonyl (C=O) groups excluding carboxylic acids is 2. The predicted molar refractivity (Wildman–Crippen MR) is 129 cm³/mol. The van der Waals surface area contributed by atoms with Gasteiger partial charge in [0.2, 0.25) is 0 Å². The van der Waals surface area contributed by atoms with Crippen LogP contribution in [-0.2, 0) is 4.74 Å². The smallest absolute Gasteiger partial charge is 0.410 e. The molecule has 3 heterocycles. The highest BCUT2D eigenvalue weighted by Crippen LogP contribution is 2.37. The van der Waals surface area contributed by atoms with Crippen LogP contribution in [0.4, 0.5) is 9.18 Å². The fourth-order valence-corrected chi connectivity index (χ4v) is 4.26. The van der Waals surface area contributed by atoms with E-state index < -0.39 is 5.60 Å². The summed E-state index contributed by atoms with van der Waals surface area (Å²) in [6.45, 7) is 8.32. The zero-order valence-corrected chi connectivity index (χ0v) is 20.0. The zero-order chi connectivity index (χ0) is 24.5. The van der Waals surface area contributed by atoms with Crippen molar-refractivity contribution in [3.63, 3.8) is 0 Å². The number of likely N-dealkylation sites (tertiary alicyclic amines) is 1. The van der Waals surface area contributed by atoms with E-state index in [0.717, 1.165) is 40.9 Å². The first-order chi connectivity index (χ1) is 16.1. The minimum absolute atomic E-state index is 0.101. The summed E-state index contributed by atoms with van der Waals surface area (Å²) in [5.41, 5.74) is 4.46. The molecule has 0 bridgehead atoms. The number of aromatic nitrogens is 2. The number of pyridine rings is 1. The SMILES string of the molecule is CC(=O)c1cc(-c2cc(C3CCN(C(=O)OC(C)(C)C)CC3)[nH]c2-c2ccc(F)cc2)ccn1. The van der Waals surface area contributed by atoms with E-state index in [1.807, 2.05) is 26.8 Å². The van der Waals surface area contributed by atoms with E-state index >= 15 is 0 Å². The Labute approximate surface area is 199 Å². The van der Waals surface area contributed by atoms with Crippen LogP contribution < -0.4 is 0 Å². The highest BCUT2D eigenvalue weighted by molar-refractivity contribution is 5.94. The first kappa shape index (κ1) is 23.7. The molecule has 0 aliphatic carbocycles. The molecule has 1 fully saturated rings. The van der Waals surface area contributed by atoms with Gasteiger partial charge in [-0.05, 0) is 87.2 Å². The van der Waals surface area contributed by atoms with Crippen LogP contribution in [0.5, 0.6) is 0 Å². The highest BCUT2D eigenvalue weighted by Gasteiger charge is 2.29.